The smallest absolute Gasteiger partial charge is 0.324 e. The minimum atomic E-state index is -0.735. The molecule has 0 aliphatic rings. The SMILES string of the molecule is CC[C@H](C)[C@H](N)C(=O)OCn1ccsc1=NC(=O)c1ccc(NC(=O)CC(C)(C)C)c(F)c1. The minimum Gasteiger partial charge on any atom is -0.443 e. The van der Waals surface area contributed by atoms with Crippen molar-refractivity contribution < 1.29 is 23.5 Å². The third kappa shape index (κ3) is 7.90. The van der Waals surface area contributed by atoms with Gasteiger partial charge in [-0.3, -0.25) is 19.0 Å². The highest BCUT2D eigenvalue weighted by Crippen LogP contribution is 2.21. The van der Waals surface area contributed by atoms with Crippen molar-refractivity contribution in [2.24, 2.45) is 22.1 Å². The highest BCUT2D eigenvalue weighted by molar-refractivity contribution is 7.07. The summed E-state index contributed by atoms with van der Waals surface area (Å²) in [6.45, 7) is 9.37. The number of nitrogens with zero attached hydrogens (tertiary/aromatic N) is 2. The zero-order chi connectivity index (χ0) is 24.8. The molecule has 0 spiro atoms. The lowest BCUT2D eigenvalue weighted by Crippen LogP contribution is -2.38. The van der Waals surface area contributed by atoms with E-state index in [1.807, 2.05) is 34.6 Å². The van der Waals surface area contributed by atoms with E-state index in [-0.39, 0.29) is 46.4 Å². The Kier molecular flexibility index (Phi) is 9.07. The van der Waals surface area contributed by atoms with Crippen molar-refractivity contribution in [2.75, 3.05) is 5.32 Å². The molecule has 1 heterocycles. The average Bonchev–Trinajstić information content (AvgIpc) is 3.17. The van der Waals surface area contributed by atoms with Crippen LogP contribution in [0.4, 0.5) is 10.1 Å². The van der Waals surface area contributed by atoms with Gasteiger partial charge in [0.2, 0.25) is 5.91 Å². The Morgan fingerprint density at radius 2 is 2.00 bits per heavy atom. The molecule has 0 saturated heterocycles. The number of halogens is 1. The van der Waals surface area contributed by atoms with Gasteiger partial charge in [0.05, 0.1) is 5.69 Å². The number of carbonyl (C=O) groups excluding carboxylic acids is 3. The van der Waals surface area contributed by atoms with Gasteiger partial charge in [0, 0.05) is 23.6 Å². The van der Waals surface area contributed by atoms with E-state index in [4.69, 9.17) is 10.5 Å². The van der Waals surface area contributed by atoms with Gasteiger partial charge in [0.1, 0.15) is 11.9 Å². The van der Waals surface area contributed by atoms with Crippen LogP contribution in [0.15, 0.2) is 34.8 Å². The third-order valence-corrected chi connectivity index (χ3v) is 5.71. The lowest BCUT2D eigenvalue weighted by atomic mass is 9.92. The van der Waals surface area contributed by atoms with Gasteiger partial charge in [-0.05, 0) is 29.5 Å². The molecule has 2 amide bonds. The van der Waals surface area contributed by atoms with Gasteiger partial charge in [-0.1, -0.05) is 41.0 Å². The van der Waals surface area contributed by atoms with Crippen LogP contribution in [0.25, 0.3) is 0 Å². The van der Waals surface area contributed by atoms with Gasteiger partial charge in [-0.15, -0.1) is 11.3 Å². The zero-order valence-electron chi connectivity index (χ0n) is 19.6. The average molecular weight is 479 g/mol. The van der Waals surface area contributed by atoms with Crippen LogP contribution < -0.4 is 15.9 Å². The minimum absolute atomic E-state index is 0.00320. The summed E-state index contributed by atoms with van der Waals surface area (Å²) in [5.41, 5.74) is 5.66. The van der Waals surface area contributed by atoms with E-state index in [1.165, 1.54) is 28.0 Å². The fourth-order valence-corrected chi connectivity index (χ4v) is 3.49. The number of rotatable bonds is 8. The van der Waals surface area contributed by atoms with Crippen molar-refractivity contribution in [3.05, 3.63) is 46.0 Å². The molecule has 0 unspecified atom stereocenters. The summed E-state index contributed by atoms with van der Waals surface area (Å²) >= 11 is 1.17. The highest BCUT2D eigenvalue weighted by Gasteiger charge is 2.21. The zero-order valence-corrected chi connectivity index (χ0v) is 20.4. The summed E-state index contributed by atoms with van der Waals surface area (Å²) in [4.78, 5) is 41.0. The molecule has 1 aromatic carbocycles. The largest absolute Gasteiger partial charge is 0.443 e. The molecule has 0 bridgehead atoms. The first-order chi connectivity index (χ1) is 15.4. The second-order valence-electron chi connectivity index (χ2n) is 9.06. The van der Waals surface area contributed by atoms with Crippen LogP contribution >= 0.6 is 11.3 Å². The summed E-state index contributed by atoms with van der Waals surface area (Å²) in [6.07, 6.45) is 2.59. The molecule has 2 rings (SSSR count). The fraction of sp³-hybridized carbons (Fsp3) is 0.478. The van der Waals surface area contributed by atoms with Gasteiger partial charge in [-0.2, -0.15) is 4.99 Å². The molecular weight excluding hydrogens is 447 g/mol. The van der Waals surface area contributed by atoms with Gasteiger partial charge in [0.15, 0.2) is 11.5 Å². The Morgan fingerprint density at radius 1 is 1.30 bits per heavy atom. The van der Waals surface area contributed by atoms with Crippen molar-refractivity contribution >= 4 is 34.8 Å². The predicted molar refractivity (Wildman–Crippen MR) is 125 cm³/mol. The van der Waals surface area contributed by atoms with Crippen molar-refractivity contribution in [1.82, 2.24) is 4.57 Å². The number of amides is 2. The Bertz CT molecular complexity index is 1070. The van der Waals surface area contributed by atoms with E-state index < -0.39 is 23.7 Å². The van der Waals surface area contributed by atoms with Crippen LogP contribution in [0.2, 0.25) is 0 Å². The molecule has 180 valence electrons. The molecule has 3 N–H and O–H groups in total. The van der Waals surface area contributed by atoms with Crippen molar-refractivity contribution in [3.63, 3.8) is 0 Å². The Hall–Kier alpha value is -2.85. The number of aromatic nitrogens is 1. The Labute approximate surface area is 196 Å². The van der Waals surface area contributed by atoms with E-state index in [0.29, 0.717) is 0 Å². The molecular formula is C23H31FN4O4S. The molecule has 0 aliphatic heterocycles. The van der Waals surface area contributed by atoms with Gasteiger partial charge < -0.3 is 15.8 Å². The number of hydrogen-bond donors (Lipinski definition) is 2. The highest BCUT2D eigenvalue weighted by atomic mass is 32.1. The molecule has 8 nitrogen and oxygen atoms in total. The molecule has 0 radical (unpaired) electrons. The Balaban J connectivity index is 2.10. The number of esters is 1. The molecule has 33 heavy (non-hydrogen) atoms. The number of benzene rings is 1. The third-order valence-electron chi connectivity index (χ3n) is 4.91. The topological polar surface area (TPSA) is 116 Å². The molecule has 10 heteroatoms. The molecule has 1 aromatic heterocycles. The van der Waals surface area contributed by atoms with Crippen molar-refractivity contribution in [3.8, 4) is 0 Å². The number of ether oxygens (including phenoxy) is 1. The first-order valence-corrected chi connectivity index (χ1v) is 11.5. The number of nitrogens with one attached hydrogen (secondary N) is 1. The van der Waals surface area contributed by atoms with Crippen LogP contribution in [-0.2, 0) is 21.1 Å². The lowest BCUT2D eigenvalue weighted by molar-refractivity contribution is -0.150. The number of nitrogens with two attached hydrogens (primary N) is 1. The van der Waals surface area contributed by atoms with Gasteiger partial charge in [-0.25, -0.2) is 4.39 Å². The quantitative estimate of drug-likeness (QED) is 0.562. The lowest BCUT2D eigenvalue weighted by Gasteiger charge is -2.17. The number of anilines is 1. The van der Waals surface area contributed by atoms with Crippen LogP contribution in [-0.4, -0.2) is 28.4 Å². The van der Waals surface area contributed by atoms with E-state index in [9.17, 15) is 18.8 Å². The summed E-state index contributed by atoms with van der Waals surface area (Å²) in [6, 6.07) is 3.02. The van der Waals surface area contributed by atoms with E-state index in [0.717, 1.165) is 12.5 Å². The molecule has 2 aromatic rings. The molecule has 2 atom stereocenters. The monoisotopic (exact) mass is 478 g/mol. The summed E-state index contributed by atoms with van der Waals surface area (Å²) in [5, 5.41) is 4.20. The van der Waals surface area contributed by atoms with Crippen molar-refractivity contribution in [1.29, 1.82) is 0 Å². The normalized spacial score (nSPS) is 14.0. The van der Waals surface area contributed by atoms with Gasteiger partial charge >= 0.3 is 5.97 Å². The maximum Gasteiger partial charge on any atom is 0.324 e. The predicted octanol–water partition coefficient (Wildman–Crippen LogP) is 3.68. The van der Waals surface area contributed by atoms with Crippen LogP contribution in [0, 0.1) is 17.2 Å². The first kappa shape index (κ1) is 26.4. The number of hydrogen-bond acceptors (Lipinski definition) is 6. The number of thiazole rings is 1. The van der Waals surface area contributed by atoms with Crippen LogP contribution in [0.5, 0.6) is 0 Å². The van der Waals surface area contributed by atoms with E-state index in [1.54, 1.807) is 11.6 Å². The second kappa shape index (κ2) is 11.3. The number of carbonyl (C=O) groups is 3. The first-order valence-electron chi connectivity index (χ1n) is 10.7. The maximum absolute atomic E-state index is 14.5. The van der Waals surface area contributed by atoms with E-state index >= 15 is 0 Å². The molecule has 0 fully saturated rings. The van der Waals surface area contributed by atoms with Crippen LogP contribution in [0.3, 0.4) is 0 Å². The molecule has 0 aliphatic carbocycles. The van der Waals surface area contributed by atoms with E-state index in [2.05, 4.69) is 10.3 Å². The second-order valence-corrected chi connectivity index (χ2v) is 9.93. The summed E-state index contributed by atoms with van der Waals surface area (Å²) in [7, 11) is 0. The fourth-order valence-electron chi connectivity index (χ4n) is 2.78. The molecule has 0 saturated carbocycles. The van der Waals surface area contributed by atoms with Crippen LogP contribution in [0.1, 0.15) is 57.8 Å². The maximum atomic E-state index is 14.5. The summed E-state index contributed by atoms with van der Waals surface area (Å²) < 4.78 is 21.2. The Morgan fingerprint density at radius 3 is 2.61 bits per heavy atom. The van der Waals surface area contributed by atoms with Gasteiger partial charge in [0.25, 0.3) is 5.91 Å². The standard InChI is InChI=1S/C23H31FN4O4S/c1-6-14(2)19(25)21(31)32-13-28-9-10-33-22(28)27-20(30)15-7-8-17(16(24)11-15)26-18(29)12-23(3,4)5/h7-11,14,19H,6,12-13,25H2,1-5H3,(H,26,29)/t14-,19-/m0/s1. The van der Waals surface area contributed by atoms with Crippen molar-refractivity contribution in [2.45, 2.75) is 60.2 Å². The summed E-state index contributed by atoms with van der Waals surface area (Å²) in [5.74, 6) is -2.27.